The Labute approximate surface area is 272 Å². The van der Waals surface area contributed by atoms with Crippen LogP contribution in [0.5, 0.6) is 0 Å². The molecule has 0 aliphatic rings. The van der Waals surface area contributed by atoms with Crippen molar-refractivity contribution in [3.05, 3.63) is 65.5 Å². The first kappa shape index (κ1) is 41.5. The molecule has 0 nitrogen and oxygen atoms in total. The molecule has 0 aromatic rings. The fourth-order valence-corrected chi connectivity index (χ4v) is 5.92. The van der Waals surface area contributed by atoms with Crippen molar-refractivity contribution < 1.29 is 0 Å². The smallest absolute Gasteiger partial charge is 0.0212 e. The Bertz CT molecular complexity index is 728. The van der Waals surface area contributed by atoms with Gasteiger partial charge in [-0.1, -0.05) is 138 Å². The highest BCUT2D eigenvalue weighted by molar-refractivity contribution is 5.10. The first-order valence-corrected chi connectivity index (χ1v) is 18.9. The van der Waals surface area contributed by atoms with Crippen LogP contribution < -0.4 is 0 Å². The minimum absolute atomic E-state index is 1.16. The van der Waals surface area contributed by atoms with E-state index in [4.69, 9.17) is 0 Å². The Balaban J connectivity index is 4.44. The molecule has 0 amide bonds. The van der Waals surface area contributed by atoms with Crippen molar-refractivity contribution in [1.29, 1.82) is 0 Å². The molecular formula is C43H76. The Morgan fingerprint density at radius 2 is 0.791 bits per heavy atom. The summed E-state index contributed by atoms with van der Waals surface area (Å²) in [6, 6.07) is 0. The average Bonchev–Trinajstić information content (AvgIpc) is 2.97. The van der Waals surface area contributed by atoms with Crippen LogP contribution in [-0.2, 0) is 0 Å². The summed E-state index contributed by atoms with van der Waals surface area (Å²) in [4.78, 5) is 0. The molecule has 0 aromatic carbocycles. The van der Waals surface area contributed by atoms with Crippen LogP contribution in [0.2, 0.25) is 0 Å². The highest BCUT2D eigenvalue weighted by Gasteiger charge is 2.01. The molecule has 0 unspecified atom stereocenters. The SMILES string of the molecule is C=CCCCCCCCCCCCCC(=C=C(C)CCC=C(C)CCC=C(C)C)CCCCCCCCCCCCC=C. The van der Waals surface area contributed by atoms with Gasteiger partial charge in [-0.2, -0.15) is 0 Å². The zero-order chi connectivity index (χ0) is 31.6. The van der Waals surface area contributed by atoms with Gasteiger partial charge in [0, 0.05) is 0 Å². The van der Waals surface area contributed by atoms with E-state index in [9.17, 15) is 0 Å². The number of hydrogen-bond acceptors (Lipinski definition) is 0. The Morgan fingerprint density at radius 1 is 0.419 bits per heavy atom. The van der Waals surface area contributed by atoms with E-state index in [1.807, 2.05) is 0 Å². The first-order chi connectivity index (χ1) is 21.0. The average molecular weight is 593 g/mol. The van der Waals surface area contributed by atoms with Gasteiger partial charge in [-0.3, -0.25) is 0 Å². The van der Waals surface area contributed by atoms with Crippen molar-refractivity contribution >= 4 is 0 Å². The minimum Gasteiger partial charge on any atom is -0.123 e. The third-order valence-electron chi connectivity index (χ3n) is 8.77. The first-order valence-electron chi connectivity index (χ1n) is 18.9. The second kappa shape index (κ2) is 33.4. The van der Waals surface area contributed by atoms with Crippen molar-refractivity contribution in [2.24, 2.45) is 0 Å². The Hall–Kier alpha value is -1.52. The number of rotatable bonds is 32. The van der Waals surface area contributed by atoms with Crippen molar-refractivity contribution in [2.45, 2.75) is 207 Å². The van der Waals surface area contributed by atoms with Crippen molar-refractivity contribution in [2.75, 3.05) is 0 Å². The molecule has 0 fully saturated rings. The summed E-state index contributed by atoms with van der Waals surface area (Å²) in [6.07, 6.45) is 46.5. The van der Waals surface area contributed by atoms with Crippen LogP contribution in [0.25, 0.3) is 0 Å². The number of allylic oxidation sites excluding steroid dienone is 7. The lowest BCUT2D eigenvalue weighted by molar-refractivity contribution is 0.543. The predicted octanol–water partition coefficient (Wildman–Crippen LogP) is 15.7. The van der Waals surface area contributed by atoms with Crippen molar-refractivity contribution in [3.8, 4) is 0 Å². The molecule has 0 radical (unpaired) electrons. The fraction of sp³-hybridized carbons (Fsp3) is 0.744. The lowest BCUT2D eigenvalue weighted by Gasteiger charge is -2.08. The normalized spacial score (nSPS) is 11.3. The maximum absolute atomic E-state index is 3.91. The van der Waals surface area contributed by atoms with Gasteiger partial charge in [-0.25, -0.2) is 0 Å². The van der Waals surface area contributed by atoms with E-state index < -0.39 is 0 Å². The lowest BCUT2D eigenvalue weighted by Crippen LogP contribution is -1.88. The molecule has 0 N–H and O–H groups in total. The van der Waals surface area contributed by atoms with Crippen LogP contribution in [-0.4, -0.2) is 0 Å². The van der Waals surface area contributed by atoms with E-state index >= 15 is 0 Å². The summed E-state index contributed by atoms with van der Waals surface area (Å²) < 4.78 is 0. The number of unbranched alkanes of at least 4 members (excludes halogenated alkanes) is 20. The maximum atomic E-state index is 3.91. The second-order valence-corrected chi connectivity index (χ2v) is 13.6. The highest BCUT2D eigenvalue weighted by Crippen LogP contribution is 2.20. The van der Waals surface area contributed by atoms with E-state index in [1.165, 1.54) is 184 Å². The molecule has 0 spiro atoms. The summed E-state index contributed by atoms with van der Waals surface area (Å²) >= 11 is 0. The fourth-order valence-electron chi connectivity index (χ4n) is 5.92. The topological polar surface area (TPSA) is 0 Å². The van der Waals surface area contributed by atoms with Gasteiger partial charge in [0.2, 0.25) is 0 Å². The minimum atomic E-state index is 1.16. The standard InChI is InChI=1S/C43H76/c1-7-9-11-13-15-17-19-21-23-25-27-29-37-43(38-30-28-26-24-22-20-18-16-14-12-10-8-2)39-42(6)36-32-35-41(5)34-31-33-40(3)4/h7-8,33,35H,1-2,9-32,34,36-38H2,3-6H3. The summed E-state index contributed by atoms with van der Waals surface area (Å²) in [5.41, 5.74) is 9.95. The summed E-state index contributed by atoms with van der Waals surface area (Å²) in [6.45, 7) is 16.7. The van der Waals surface area contributed by atoms with Crippen molar-refractivity contribution in [3.63, 3.8) is 0 Å². The van der Waals surface area contributed by atoms with Crippen LogP contribution >= 0.6 is 0 Å². The summed E-state index contributed by atoms with van der Waals surface area (Å²) in [7, 11) is 0. The van der Waals surface area contributed by atoms with Gasteiger partial charge in [0.1, 0.15) is 0 Å². The van der Waals surface area contributed by atoms with Crippen LogP contribution in [0.4, 0.5) is 0 Å². The molecule has 0 aliphatic carbocycles. The van der Waals surface area contributed by atoms with E-state index in [2.05, 4.69) is 70.9 Å². The quantitative estimate of drug-likeness (QED) is 0.0414. The molecule has 0 heterocycles. The van der Waals surface area contributed by atoms with Crippen LogP contribution in [0, 0.1) is 0 Å². The molecule has 0 heteroatoms. The number of hydrogen-bond donors (Lipinski definition) is 0. The predicted molar refractivity (Wildman–Crippen MR) is 199 cm³/mol. The zero-order valence-corrected chi connectivity index (χ0v) is 30.0. The Kier molecular flexibility index (Phi) is 32.2. The van der Waals surface area contributed by atoms with Gasteiger partial charge < -0.3 is 0 Å². The van der Waals surface area contributed by atoms with Gasteiger partial charge in [0.05, 0.1) is 0 Å². The molecule has 0 bridgehead atoms. The molecule has 0 atom stereocenters. The van der Waals surface area contributed by atoms with E-state index in [0.29, 0.717) is 0 Å². The monoisotopic (exact) mass is 593 g/mol. The maximum Gasteiger partial charge on any atom is -0.0212 e. The van der Waals surface area contributed by atoms with Crippen molar-refractivity contribution in [1.82, 2.24) is 0 Å². The highest BCUT2D eigenvalue weighted by atomic mass is 14.1. The zero-order valence-electron chi connectivity index (χ0n) is 30.0. The van der Waals surface area contributed by atoms with Gasteiger partial charge in [-0.15, -0.1) is 18.9 Å². The third kappa shape index (κ3) is 33.2. The molecule has 0 rings (SSSR count). The van der Waals surface area contributed by atoms with Gasteiger partial charge in [0.25, 0.3) is 0 Å². The van der Waals surface area contributed by atoms with Crippen LogP contribution in [0.3, 0.4) is 0 Å². The van der Waals surface area contributed by atoms with E-state index in [0.717, 1.165) is 12.8 Å². The molecule has 0 saturated carbocycles. The third-order valence-corrected chi connectivity index (χ3v) is 8.77. The van der Waals surface area contributed by atoms with Gasteiger partial charge in [-0.05, 0) is 116 Å². The Morgan fingerprint density at radius 3 is 1.19 bits per heavy atom. The van der Waals surface area contributed by atoms with Gasteiger partial charge in [0.15, 0.2) is 0 Å². The molecule has 0 saturated heterocycles. The van der Waals surface area contributed by atoms with Gasteiger partial charge >= 0.3 is 0 Å². The second-order valence-electron chi connectivity index (χ2n) is 13.6. The lowest BCUT2D eigenvalue weighted by atomic mass is 9.98. The van der Waals surface area contributed by atoms with Crippen LogP contribution in [0.1, 0.15) is 207 Å². The largest absolute Gasteiger partial charge is 0.123 e. The van der Waals surface area contributed by atoms with Crippen LogP contribution in [0.15, 0.2) is 65.5 Å². The molecule has 248 valence electrons. The molecular weight excluding hydrogens is 516 g/mol. The van der Waals surface area contributed by atoms with E-state index in [-0.39, 0.29) is 0 Å². The molecule has 43 heavy (non-hydrogen) atoms. The van der Waals surface area contributed by atoms with E-state index in [1.54, 1.807) is 5.57 Å². The molecule has 0 aliphatic heterocycles. The summed E-state index contributed by atoms with van der Waals surface area (Å²) in [5, 5.41) is 0. The summed E-state index contributed by atoms with van der Waals surface area (Å²) in [5.74, 6) is 0. The molecule has 0 aromatic heterocycles.